The van der Waals surface area contributed by atoms with Crippen molar-refractivity contribution in [1.29, 1.82) is 0 Å². The van der Waals surface area contributed by atoms with Crippen LogP contribution in [0.4, 0.5) is 5.69 Å². The zero-order valence-electron chi connectivity index (χ0n) is 18.4. The monoisotopic (exact) mass is 448 g/mol. The Labute approximate surface area is 192 Å². The second kappa shape index (κ2) is 11.7. The molecular formula is C25H28N4O4. The molecule has 0 saturated carbocycles. The normalized spacial score (nSPS) is 10.7. The van der Waals surface area contributed by atoms with Gasteiger partial charge in [-0.15, -0.1) is 0 Å². The second-order valence-corrected chi connectivity index (χ2v) is 7.80. The standard InChI is InChI=1S/C25H28N4O4/c26-12-4-2-1-3-6-18-8-9-19(14-22(18)20-7-5-13-27-15-20)25(33)28-21-10-11-23(30)29(16-21)17-24(31)32/h5,7-11,13-16H,1-4,6,12,17,26H2,(H,28,33)(H,31,32). The fourth-order valence-electron chi connectivity index (χ4n) is 3.62. The summed E-state index contributed by atoms with van der Waals surface area (Å²) in [5.41, 5.74) is 8.93. The van der Waals surface area contributed by atoms with Crippen molar-refractivity contribution in [3.63, 3.8) is 0 Å². The number of carboxylic acids is 1. The first-order valence-electron chi connectivity index (χ1n) is 10.9. The topological polar surface area (TPSA) is 127 Å². The number of nitrogens with zero attached hydrogens (tertiary/aromatic N) is 2. The lowest BCUT2D eigenvalue weighted by molar-refractivity contribution is -0.137. The maximum Gasteiger partial charge on any atom is 0.323 e. The minimum absolute atomic E-state index is 0.341. The van der Waals surface area contributed by atoms with E-state index >= 15 is 0 Å². The summed E-state index contributed by atoms with van der Waals surface area (Å²) in [6.45, 7) is 0.228. The van der Waals surface area contributed by atoms with Crippen molar-refractivity contribution in [2.45, 2.75) is 38.6 Å². The number of pyridine rings is 2. The van der Waals surface area contributed by atoms with Crippen molar-refractivity contribution in [2.75, 3.05) is 11.9 Å². The quantitative estimate of drug-likeness (QED) is 0.386. The van der Waals surface area contributed by atoms with Crippen LogP contribution in [0.25, 0.3) is 11.1 Å². The first-order valence-corrected chi connectivity index (χ1v) is 10.9. The number of anilines is 1. The molecule has 0 spiro atoms. The van der Waals surface area contributed by atoms with Gasteiger partial charge in [-0.25, -0.2) is 0 Å². The van der Waals surface area contributed by atoms with Gasteiger partial charge in [0.2, 0.25) is 0 Å². The molecule has 0 atom stereocenters. The molecule has 172 valence electrons. The first-order chi connectivity index (χ1) is 16.0. The van der Waals surface area contributed by atoms with Crippen LogP contribution in [0.5, 0.6) is 0 Å². The molecule has 3 rings (SSSR count). The van der Waals surface area contributed by atoms with Crippen LogP contribution in [0.15, 0.2) is 65.8 Å². The summed E-state index contributed by atoms with van der Waals surface area (Å²) in [6, 6.07) is 12.1. The van der Waals surface area contributed by atoms with Gasteiger partial charge in [0.1, 0.15) is 6.54 Å². The average molecular weight is 449 g/mol. The molecule has 8 heteroatoms. The number of aliphatic carboxylic acids is 1. The molecule has 1 aromatic carbocycles. The molecule has 0 saturated heterocycles. The molecule has 0 radical (unpaired) electrons. The third-order valence-corrected chi connectivity index (χ3v) is 5.29. The Kier molecular flexibility index (Phi) is 8.49. The molecule has 0 unspecified atom stereocenters. The number of carbonyl (C=O) groups excluding carboxylic acids is 1. The van der Waals surface area contributed by atoms with Gasteiger partial charge in [-0.2, -0.15) is 0 Å². The minimum Gasteiger partial charge on any atom is -0.480 e. The molecule has 2 aromatic heterocycles. The summed E-state index contributed by atoms with van der Waals surface area (Å²) in [5, 5.41) is 11.7. The smallest absolute Gasteiger partial charge is 0.323 e. The number of carbonyl (C=O) groups is 2. The second-order valence-electron chi connectivity index (χ2n) is 7.80. The van der Waals surface area contributed by atoms with E-state index in [0.717, 1.165) is 53.4 Å². The summed E-state index contributed by atoms with van der Waals surface area (Å²) in [5.74, 6) is -1.49. The molecule has 8 nitrogen and oxygen atoms in total. The highest BCUT2D eigenvalue weighted by molar-refractivity contribution is 6.05. The highest BCUT2D eigenvalue weighted by atomic mass is 16.4. The molecule has 0 aliphatic rings. The number of hydrogen-bond donors (Lipinski definition) is 3. The fraction of sp³-hybridized carbons (Fsp3) is 0.280. The number of carboxylic acid groups (broad SMARTS) is 1. The Morgan fingerprint density at radius 3 is 2.61 bits per heavy atom. The molecule has 4 N–H and O–H groups in total. The van der Waals surface area contributed by atoms with E-state index in [1.165, 1.54) is 18.3 Å². The number of aryl methyl sites for hydroxylation is 1. The highest BCUT2D eigenvalue weighted by Crippen LogP contribution is 2.26. The van der Waals surface area contributed by atoms with Crippen molar-refractivity contribution in [1.82, 2.24) is 9.55 Å². The first kappa shape index (κ1) is 23.9. The number of unbranched alkanes of at least 4 members (excludes halogenated alkanes) is 3. The van der Waals surface area contributed by atoms with Gasteiger partial charge in [0.05, 0.1) is 5.69 Å². The van der Waals surface area contributed by atoms with Crippen molar-refractivity contribution in [2.24, 2.45) is 5.73 Å². The molecule has 3 aromatic rings. The van der Waals surface area contributed by atoms with Crippen LogP contribution in [-0.2, 0) is 17.8 Å². The Bertz CT molecular complexity index is 1160. The lowest BCUT2D eigenvalue weighted by atomic mass is 9.94. The molecule has 0 aliphatic carbocycles. The van der Waals surface area contributed by atoms with E-state index in [0.29, 0.717) is 17.8 Å². The Morgan fingerprint density at radius 1 is 1.06 bits per heavy atom. The lowest BCUT2D eigenvalue weighted by Gasteiger charge is -2.13. The highest BCUT2D eigenvalue weighted by Gasteiger charge is 2.13. The van der Waals surface area contributed by atoms with Gasteiger partial charge in [0.15, 0.2) is 0 Å². The number of nitrogens with one attached hydrogen (secondary N) is 1. The van der Waals surface area contributed by atoms with E-state index in [-0.39, 0.29) is 5.91 Å². The third-order valence-electron chi connectivity index (χ3n) is 5.29. The third kappa shape index (κ3) is 6.85. The van der Waals surface area contributed by atoms with E-state index in [1.807, 2.05) is 24.3 Å². The van der Waals surface area contributed by atoms with Crippen LogP contribution in [0.2, 0.25) is 0 Å². The van der Waals surface area contributed by atoms with Crippen molar-refractivity contribution in [3.05, 3.63) is 82.5 Å². The van der Waals surface area contributed by atoms with Crippen LogP contribution in [0.3, 0.4) is 0 Å². The molecule has 2 heterocycles. The Hall–Kier alpha value is -3.78. The summed E-state index contributed by atoms with van der Waals surface area (Å²) in [7, 11) is 0. The van der Waals surface area contributed by atoms with Gasteiger partial charge in [-0.05, 0) is 61.2 Å². The molecule has 0 fully saturated rings. The van der Waals surface area contributed by atoms with Crippen LogP contribution >= 0.6 is 0 Å². The summed E-state index contributed by atoms with van der Waals surface area (Å²) < 4.78 is 1.03. The summed E-state index contributed by atoms with van der Waals surface area (Å²) in [6.07, 6.45) is 9.94. The van der Waals surface area contributed by atoms with Crippen LogP contribution < -0.4 is 16.6 Å². The Morgan fingerprint density at radius 2 is 1.88 bits per heavy atom. The predicted octanol–water partition coefficient (Wildman–Crippen LogP) is 3.31. The maximum absolute atomic E-state index is 12.9. The molecule has 0 bridgehead atoms. The van der Waals surface area contributed by atoms with Gasteiger partial charge in [0.25, 0.3) is 11.5 Å². The zero-order valence-corrected chi connectivity index (χ0v) is 18.4. The molecular weight excluding hydrogens is 420 g/mol. The Balaban J connectivity index is 1.82. The van der Waals surface area contributed by atoms with Crippen LogP contribution in [0, 0.1) is 0 Å². The number of benzene rings is 1. The van der Waals surface area contributed by atoms with Gasteiger partial charge in [-0.1, -0.05) is 25.0 Å². The van der Waals surface area contributed by atoms with Crippen molar-refractivity contribution in [3.8, 4) is 11.1 Å². The van der Waals surface area contributed by atoms with Crippen molar-refractivity contribution >= 4 is 17.6 Å². The predicted molar refractivity (Wildman–Crippen MR) is 127 cm³/mol. The van der Waals surface area contributed by atoms with E-state index in [1.54, 1.807) is 18.5 Å². The number of aromatic nitrogens is 2. The zero-order chi connectivity index (χ0) is 23.6. The van der Waals surface area contributed by atoms with Gasteiger partial charge < -0.3 is 20.7 Å². The number of nitrogens with two attached hydrogens (primary N) is 1. The minimum atomic E-state index is -1.14. The van der Waals surface area contributed by atoms with E-state index in [9.17, 15) is 14.4 Å². The largest absolute Gasteiger partial charge is 0.480 e. The van der Waals surface area contributed by atoms with Gasteiger partial charge in [-0.3, -0.25) is 19.4 Å². The SMILES string of the molecule is NCCCCCCc1ccc(C(=O)Nc2ccc(=O)n(CC(=O)O)c2)cc1-c1cccnc1. The number of rotatable bonds is 11. The van der Waals surface area contributed by atoms with E-state index < -0.39 is 18.1 Å². The summed E-state index contributed by atoms with van der Waals surface area (Å²) in [4.78, 5) is 39.9. The molecule has 0 aliphatic heterocycles. The summed E-state index contributed by atoms with van der Waals surface area (Å²) >= 11 is 0. The number of amides is 1. The lowest BCUT2D eigenvalue weighted by Crippen LogP contribution is -2.24. The van der Waals surface area contributed by atoms with Gasteiger partial charge in [0, 0.05) is 35.8 Å². The van der Waals surface area contributed by atoms with Crippen LogP contribution in [-0.4, -0.2) is 33.1 Å². The fourth-order valence-corrected chi connectivity index (χ4v) is 3.62. The average Bonchev–Trinajstić information content (AvgIpc) is 2.81. The van der Waals surface area contributed by atoms with Crippen molar-refractivity contribution < 1.29 is 14.7 Å². The van der Waals surface area contributed by atoms with E-state index in [2.05, 4.69) is 10.3 Å². The van der Waals surface area contributed by atoms with Gasteiger partial charge >= 0.3 is 5.97 Å². The number of hydrogen-bond acceptors (Lipinski definition) is 5. The van der Waals surface area contributed by atoms with E-state index in [4.69, 9.17) is 10.8 Å². The molecule has 1 amide bonds. The molecule has 33 heavy (non-hydrogen) atoms. The van der Waals surface area contributed by atoms with Crippen LogP contribution in [0.1, 0.15) is 41.6 Å². The maximum atomic E-state index is 12.9.